The van der Waals surface area contributed by atoms with Crippen molar-refractivity contribution in [2.75, 3.05) is 0 Å². The molecule has 1 fully saturated rings. The van der Waals surface area contributed by atoms with E-state index in [1.165, 1.54) is 31.5 Å². The van der Waals surface area contributed by atoms with Crippen LogP contribution in [0.15, 0.2) is 22.2 Å². The Balaban J connectivity index is 0.00000243. The molecule has 3 N–H and O–H groups in total. The normalized spacial score (nSPS) is 16.2. The number of nitrogens with zero attached hydrogens (tertiary/aromatic N) is 3. The van der Waals surface area contributed by atoms with Crippen molar-refractivity contribution in [2.24, 2.45) is 10.1 Å². The molecule has 0 spiro atoms. The highest BCUT2D eigenvalue weighted by molar-refractivity contribution is 7.09. The molecule has 0 atom stereocenters. The first-order chi connectivity index (χ1) is 12.0. The fraction of sp³-hybridized carbons (Fsp3) is 0.444. The monoisotopic (exact) mass is 397 g/mol. The molecule has 1 aliphatic rings. The number of aromatic nitrogens is 1. The number of phenols is 3. The van der Waals surface area contributed by atoms with E-state index in [1.807, 2.05) is 13.8 Å². The van der Waals surface area contributed by atoms with Gasteiger partial charge in [-0.1, -0.05) is 19.3 Å². The predicted molar refractivity (Wildman–Crippen MR) is 106 cm³/mol. The summed E-state index contributed by atoms with van der Waals surface area (Å²) >= 11 is 1.61. The maximum atomic E-state index is 9.91. The van der Waals surface area contributed by atoms with Gasteiger partial charge in [-0.2, -0.15) is 5.10 Å². The third kappa shape index (κ3) is 4.40. The van der Waals surface area contributed by atoms with Crippen molar-refractivity contribution in [3.8, 4) is 17.2 Å². The molecule has 1 heterocycles. The Bertz CT molecular complexity index is 867. The predicted octanol–water partition coefficient (Wildman–Crippen LogP) is 3.82. The zero-order chi connectivity index (χ0) is 18.0. The lowest BCUT2D eigenvalue weighted by Gasteiger charge is -2.16. The van der Waals surface area contributed by atoms with Crippen LogP contribution in [0.2, 0.25) is 0 Å². The molecule has 0 amide bonds. The molecule has 0 bridgehead atoms. The van der Waals surface area contributed by atoms with Gasteiger partial charge in [0.05, 0.1) is 18.0 Å². The lowest BCUT2D eigenvalue weighted by molar-refractivity contribution is 0.396. The standard InChI is InChI=1S/C18H23N3O3S.ClH/c1-11-12(2)25-18(20-14-6-4-3-5-7-14)21(11)19-10-13-8-16(23)17(24)9-15(13)22;/h8-10,14,22-24H,3-7H2,1-2H3;1H/b19-10+,20-18?;. The minimum absolute atomic E-state index is 0. The van der Waals surface area contributed by atoms with E-state index in [1.54, 1.807) is 16.0 Å². The summed E-state index contributed by atoms with van der Waals surface area (Å²) in [5.41, 5.74) is 1.33. The number of halogens is 1. The molecule has 26 heavy (non-hydrogen) atoms. The highest BCUT2D eigenvalue weighted by atomic mass is 35.5. The number of thiazole rings is 1. The van der Waals surface area contributed by atoms with Gasteiger partial charge in [0.2, 0.25) is 4.80 Å². The van der Waals surface area contributed by atoms with Crippen LogP contribution in [-0.2, 0) is 0 Å². The molecule has 0 aliphatic heterocycles. The van der Waals surface area contributed by atoms with Gasteiger partial charge in [-0.05, 0) is 32.8 Å². The highest BCUT2D eigenvalue weighted by Gasteiger charge is 2.14. The van der Waals surface area contributed by atoms with Crippen LogP contribution in [-0.4, -0.2) is 32.3 Å². The van der Waals surface area contributed by atoms with E-state index in [-0.39, 0.29) is 29.7 Å². The van der Waals surface area contributed by atoms with Crippen LogP contribution in [0.5, 0.6) is 17.2 Å². The minimum atomic E-state index is -0.363. The van der Waals surface area contributed by atoms with Gasteiger partial charge in [-0.25, -0.2) is 4.68 Å². The summed E-state index contributed by atoms with van der Waals surface area (Å²) in [7, 11) is 0. The first kappa shape index (κ1) is 20.3. The Morgan fingerprint density at radius 1 is 1.04 bits per heavy atom. The molecule has 1 saturated carbocycles. The number of rotatable bonds is 3. The van der Waals surface area contributed by atoms with Gasteiger partial charge in [0.25, 0.3) is 0 Å². The van der Waals surface area contributed by atoms with E-state index in [0.717, 1.165) is 34.3 Å². The molecule has 142 valence electrons. The lowest BCUT2D eigenvalue weighted by Crippen LogP contribution is -2.19. The number of phenolic OH excluding ortho intramolecular Hbond substituents is 3. The topological polar surface area (TPSA) is 90.3 Å². The van der Waals surface area contributed by atoms with Crippen LogP contribution in [0.4, 0.5) is 0 Å². The molecule has 3 rings (SSSR count). The number of hydrogen-bond acceptors (Lipinski definition) is 6. The molecule has 8 heteroatoms. The second kappa shape index (κ2) is 8.60. The van der Waals surface area contributed by atoms with Gasteiger partial charge in [-0.3, -0.25) is 4.99 Å². The van der Waals surface area contributed by atoms with Gasteiger partial charge in [0.1, 0.15) is 5.75 Å². The first-order valence-corrected chi connectivity index (χ1v) is 9.29. The van der Waals surface area contributed by atoms with Crippen molar-refractivity contribution in [1.29, 1.82) is 0 Å². The van der Waals surface area contributed by atoms with Crippen LogP contribution in [0, 0.1) is 13.8 Å². The molecule has 0 unspecified atom stereocenters. The molecule has 0 saturated heterocycles. The number of hydrogen-bond donors (Lipinski definition) is 3. The van der Waals surface area contributed by atoms with Gasteiger partial charge >= 0.3 is 0 Å². The van der Waals surface area contributed by atoms with E-state index in [0.29, 0.717) is 11.6 Å². The van der Waals surface area contributed by atoms with Crippen LogP contribution in [0.25, 0.3) is 0 Å². The van der Waals surface area contributed by atoms with E-state index >= 15 is 0 Å². The fourth-order valence-corrected chi connectivity index (χ4v) is 3.92. The Morgan fingerprint density at radius 2 is 1.69 bits per heavy atom. The highest BCUT2D eigenvalue weighted by Crippen LogP contribution is 2.31. The fourth-order valence-electron chi connectivity index (χ4n) is 2.94. The quantitative estimate of drug-likeness (QED) is 0.417. The van der Waals surface area contributed by atoms with Crippen LogP contribution in [0.3, 0.4) is 0 Å². The van der Waals surface area contributed by atoms with E-state index < -0.39 is 0 Å². The van der Waals surface area contributed by atoms with Crippen molar-refractivity contribution >= 4 is 30.0 Å². The summed E-state index contributed by atoms with van der Waals surface area (Å²) in [4.78, 5) is 6.87. The second-order valence-electron chi connectivity index (χ2n) is 6.40. The Labute approximate surface area is 162 Å². The Kier molecular flexibility index (Phi) is 6.72. The van der Waals surface area contributed by atoms with E-state index in [2.05, 4.69) is 5.10 Å². The van der Waals surface area contributed by atoms with Gasteiger partial charge < -0.3 is 15.3 Å². The van der Waals surface area contributed by atoms with Crippen molar-refractivity contribution in [3.63, 3.8) is 0 Å². The number of aromatic hydroxyl groups is 3. The summed E-state index contributed by atoms with van der Waals surface area (Å²) in [6.07, 6.45) is 7.44. The largest absolute Gasteiger partial charge is 0.507 e. The molecule has 1 aromatic heterocycles. The molecule has 2 aromatic rings. The molecule has 6 nitrogen and oxygen atoms in total. The molecular formula is C18H24ClN3O3S. The van der Waals surface area contributed by atoms with E-state index in [9.17, 15) is 15.3 Å². The molecular weight excluding hydrogens is 374 g/mol. The van der Waals surface area contributed by atoms with Crippen LogP contribution >= 0.6 is 23.7 Å². The Hall–Kier alpha value is -1.99. The van der Waals surface area contributed by atoms with Crippen LogP contribution in [0.1, 0.15) is 48.2 Å². The lowest BCUT2D eigenvalue weighted by atomic mass is 9.96. The summed E-state index contributed by atoms with van der Waals surface area (Å²) in [6, 6.07) is 2.72. The summed E-state index contributed by atoms with van der Waals surface area (Å²) in [6.45, 7) is 4.02. The van der Waals surface area contributed by atoms with Gasteiger partial charge in [-0.15, -0.1) is 23.7 Å². The van der Waals surface area contributed by atoms with Crippen molar-refractivity contribution in [3.05, 3.63) is 33.1 Å². The second-order valence-corrected chi connectivity index (χ2v) is 7.58. The van der Waals surface area contributed by atoms with Gasteiger partial charge in [0.15, 0.2) is 11.5 Å². The average molecular weight is 398 g/mol. The summed E-state index contributed by atoms with van der Waals surface area (Å²) in [5, 5.41) is 33.4. The number of aryl methyl sites for hydroxylation is 1. The molecule has 0 radical (unpaired) electrons. The van der Waals surface area contributed by atoms with E-state index in [4.69, 9.17) is 4.99 Å². The van der Waals surface area contributed by atoms with Gasteiger partial charge in [0, 0.05) is 16.5 Å². The summed E-state index contributed by atoms with van der Waals surface area (Å²) < 4.78 is 1.78. The van der Waals surface area contributed by atoms with Crippen LogP contribution < -0.4 is 4.80 Å². The smallest absolute Gasteiger partial charge is 0.206 e. The SMILES string of the molecule is Cc1sc(=NC2CCCCC2)n(/N=C/c2cc(O)c(O)cc2O)c1C.Cl. The maximum absolute atomic E-state index is 9.91. The van der Waals surface area contributed by atoms with Crippen molar-refractivity contribution < 1.29 is 15.3 Å². The average Bonchev–Trinajstić information content (AvgIpc) is 2.85. The number of benzene rings is 1. The zero-order valence-corrected chi connectivity index (χ0v) is 16.5. The Morgan fingerprint density at radius 3 is 2.38 bits per heavy atom. The third-order valence-electron chi connectivity index (χ3n) is 4.56. The van der Waals surface area contributed by atoms with Crippen molar-refractivity contribution in [2.45, 2.75) is 52.0 Å². The maximum Gasteiger partial charge on any atom is 0.206 e. The first-order valence-electron chi connectivity index (χ1n) is 8.48. The zero-order valence-electron chi connectivity index (χ0n) is 14.8. The third-order valence-corrected chi connectivity index (χ3v) is 5.62. The summed E-state index contributed by atoms with van der Waals surface area (Å²) in [5.74, 6) is -0.803. The van der Waals surface area contributed by atoms with Crippen molar-refractivity contribution in [1.82, 2.24) is 4.68 Å². The molecule has 1 aliphatic carbocycles. The molecule has 1 aromatic carbocycles. The minimum Gasteiger partial charge on any atom is -0.507 e.